The van der Waals surface area contributed by atoms with Gasteiger partial charge in [-0.2, -0.15) is 0 Å². The standard InChI is InChI=1S/C16H18O2S/c1-9-8-15(19-12(9)4)16(17)13-6-11(3)14(18-5)7-10(13)2/h6-8H,1-5H3. The molecule has 100 valence electrons. The van der Waals surface area contributed by atoms with Gasteiger partial charge in [-0.15, -0.1) is 11.3 Å². The molecule has 19 heavy (non-hydrogen) atoms. The number of hydrogen-bond acceptors (Lipinski definition) is 3. The molecule has 2 nitrogen and oxygen atoms in total. The quantitative estimate of drug-likeness (QED) is 0.783. The van der Waals surface area contributed by atoms with Crippen LogP contribution in [0.2, 0.25) is 0 Å². The molecule has 1 aromatic carbocycles. The molecular formula is C16H18O2S. The molecule has 0 N–H and O–H groups in total. The zero-order valence-corrected chi connectivity index (χ0v) is 12.8. The molecule has 0 radical (unpaired) electrons. The van der Waals surface area contributed by atoms with Crippen molar-refractivity contribution in [2.75, 3.05) is 7.11 Å². The van der Waals surface area contributed by atoms with Gasteiger partial charge in [0.2, 0.25) is 5.78 Å². The highest BCUT2D eigenvalue weighted by atomic mass is 32.1. The van der Waals surface area contributed by atoms with Crippen LogP contribution in [0.4, 0.5) is 0 Å². The maximum atomic E-state index is 12.6. The van der Waals surface area contributed by atoms with Gasteiger partial charge < -0.3 is 4.74 Å². The number of aryl methyl sites for hydroxylation is 4. The van der Waals surface area contributed by atoms with Gasteiger partial charge in [0.1, 0.15) is 5.75 Å². The summed E-state index contributed by atoms with van der Waals surface area (Å²) in [7, 11) is 1.65. The number of ether oxygens (including phenoxy) is 1. The van der Waals surface area contributed by atoms with Gasteiger partial charge in [0.25, 0.3) is 0 Å². The van der Waals surface area contributed by atoms with Crippen LogP contribution in [0.15, 0.2) is 18.2 Å². The highest BCUT2D eigenvalue weighted by Crippen LogP contribution is 2.28. The maximum Gasteiger partial charge on any atom is 0.203 e. The first-order chi connectivity index (χ1) is 8.93. The molecule has 0 aliphatic carbocycles. The number of hydrogen-bond donors (Lipinski definition) is 0. The van der Waals surface area contributed by atoms with Gasteiger partial charge >= 0.3 is 0 Å². The summed E-state index contributed by atoms with van der Waals surface area (Å²) in [6.45, 7) is 7.99. The van der Waals surface area contributed by atoms with Crippen molar-refractivity contribution in [2.45, 2.75) is 27.7 Å². The number of methoxy groups -OCH3 is 1. The molecule has 0 fully saturated rings. The molecule has 0 atom stereocenters. The van der Waals surface area contributed by atoms with E-state index >= 15 is 0 Å². The van der Waals surface area contributed by atoms with Crippen LogP contribution in [0.1, 0.15) is 36.8 Å². The van der Waals surface area contributed by atoms with E-state index in [0.717, 1.165) is 27.3 Å². The third-order valence-electron chi connectivity index (χ3n) is 3.38. The third-order valence-corrected chi connectivity index (χ3v) is 4.53. The predicted octanol–water partition coefficient (Wildman–Crippen LogP) is 4.22. The summed E-state index contributed by atoms with van der Waals surface area (Å²) >= 11 is 1.56. The second-order valence-corrected chi connectivity index (χ2v) is 6.07. The molecule has 0 saturated carbocycles. The lowest BCUT2D eigenvalue weighted by Crippen LogP contribution is -2.03. The van der Waals surface area contributed by atoms with Crippen LogP contribution in [-0.4, -0.2) is 12.9 Å². The largest absolute Gasteiger partial charge is 0.496 e. The van der Waals surface area contributed by atoms with Crippen LogP contribution in [-0.2, 0) is 0 Å². The van der Waals surface area contributed by atoms with Crippen LogP contribution >= 0.6 is 11.3 Å². The van der Waals surface area contributed by atoms with Gasteiger partial charge in [-0.05, 0) is 62.6 Å². The lowest BCUT2D eigenvalue weighted by Gasteiger charge is -2.09. The highest BCUT2D eigenvalue weighted by Gasteiger charge is 2.16. The Labute approximate surface area is 118 Å². The summed E-state index contributed by atoms with van der Waals surface area (Å²) in [6.07, 6.45) is 0. The van der Waals surface area contributed by atoms with E-state index in [-0.39, 0.29) is 5.78 Å². The van der Waals surface area contributed by atoms with Crippen molar-refractivity contribution >= 4 is 17.1 Å². The van der Waals surface area contributed by atoms with Gasteiger partial charge in [-0.25, -0.2) is 0 Å². The topological polar surface area (TPSA) is 26.3 Å². The molecule has 2 aromatic rings. The first-order valence-electron chi connectivity index (χ1n) is 6.21. The Kier molecular flexibility index (Phi) is 3.76. The Hall–Kier alpha value is -1.61. The molecule has 3 heteroatoms. The molecule has 1 aromatic heterocycles. The van der Waals surface area contributed by atoms with Gasteiger partial charge in [0.05, 0.1) is 12.0 Å². The Balaban J connectivity index is 2.47. The van der Waals surface area contributed by atoms with Crippen molar-refractivity contribution in [1.82, 2.24) is 0 Å². The first-order valence-corrected chi connectivity index (χ1v) is 7.02. The molecule has 0 aliphatic rings. The molecule has 0 spiro atoms. The minimum absolute atomic E-state index is 0.101. The Bertz CT molecular complexity index is 619. The monoisotopic (exact) mass is 274 g/mol. The van der Waals surface area contributed by atoms with Gasteiger partial charge in [-0.3, -0.25) is 4.79 Å². The molecular weight excluding hydrogens is 256 g/mol. The van der Waals surface area contributed by atoms with Crippen molar-refractivity contribution in [2.24, 2.45) is 0 Å². The molecule has 0 amide bonds. The van der Waals surface area contributed by atoms with Crippen molar-refractivity contribution in [1.29, 1.82) is 0 Å². The van der Waals surface area contributed by atoms with Gasteiger partial charge in [0, 0.05) is 10.4 Å². The fourth-order valence-electron chi connectivity index (χ4n) is 2.07. The zero-order valence-electron chi connectivity index (χ0n) is 12.0. The number of carbonyl (C=O) groups excluding carboxylic acids is 1. The average molecular weight is 274 g/mol. The number of rotatable bonds is 3. The lowest BCUT2D eigenvalue weighted by molar-refractivity contribution is 0.104. The molecule has 0 unspecified atom stereocenters. The van der Waals surface area contributed by atoms with Crippen LogP contribution in [0.25, 0.3) is 0 Å². The summed E-state index contributed by atoms with van der Waals surface area (Å²) < 4.78 is 5.28. The summed E-state index contributed by atoms with van der Waals surface area (Å²) in [6, 6.07) is 5.82. The van der Waals surface area contributed by atoms with Crippen LogP contribution in [0.5, 0.6) is 5.75 Å². The summed E-state index contributed by atoms with van der Waals surface area (Å²) in [5, 5.41) is 0. The normalized spacial score (nSPS) is 10.6. The van der Waals surface area contributed by atoms with E-state index in [9.17, 15) is 4.79 Å². The highest BCUT2D eigenvalue weighted by molar-refractivity contribution is 7.14. The van der Waals surface area contributed by atoms with Crippen molar-refractivity contribution in [3.63, 3.8) is 0 Å². The molecule has 0 bridgehead atoms. The average Bonchev–Trinajstić information content (AvgIpc) is 2.71. The predicted molar refractivity (Wildman–Crippen MR) is 79.7 cm³/mol. The van der Waals surface area contributed by atoms with E-state index in [1.165, 1.54) is 10.4 Å². The fraction of sp³-hybridized carbons (Fsp3) is 0.312. The SMILES string of the molecule is COc1cc(C)c(C(=O)c2cc(C)c(C)s2)cc1C. The Morgan fingerprint density at radius 1 is 1.00 bits per heavy atom. The second kappa shape index (κ2) is 5.17. The van der Waals surface area contributed by atoms with Gasteiger partial charge in [0.15, 0.2) is 0 Å². The molecule has 0 saturated heterocycles. The van der Waals surface area contributed by atoms with E-state index in [1.807, 2.05) is 45.9 Å². The zero-order chi connectivity index (χ0) is 14.2. The minimum atomic E-state index is 0.101. The molecule has 0 aliphatic heterocycles. The van der Waals surface area contributed by atoms with Crippen LogP contribution in [0.3, 0.4) is 0 Å². The molecule has 2 rings (SSSR count). The van der Waals surface area contributed by atoms with E-state index in [2.05, 4.69) is 0 Å². The number of ketones is 1. The Morgan fingerprint density at radius 2 is 1.68 bits per heavy atom. The van der Waals surface area contributed by atoms with Crippen LogP contribution in [0, 0.1) is 27.7 Å². The van der Waals surface area contributed by atoms with Crippen LogP contribution < -0.4 is 4.74 Å². The van der Waals surface area contributed by atoms with E-state index in [0.29, 0.717) is 0 Å². The second-order valence-electron chi connectivity index (χ2n) is 4.82. The van der Waals surface area contributed by atoms with Crippen molar-refractivity contribution in [3.05, 3.63) is 50.2 Å². The number of benzene rings is 1. The van der Waals surface area contributed by atoms with E-state index in [4.69, 9.17) is 4.74 Å². The van der Waals surface area contributed by atoms with E-state index < -0.39 is 0 Å². The minimum Gasteiger partial charge on any atom is -0.496 e. The maximum absolute atomic E-state index is 12.6. The Morgan fingerprint density at radius 3 is 2.21 bits per heavy atom. The summed E-state index contributed by atoms with van der Waals surface area (Å²) in [4.78, 5) is 14.6. The number of carbonyl (C=O) groups is 1. The summed E-state index contributed by atoms with van der Waals surface area (Å²) in [5.74, 6) is 0.928. The fourth-order valence-corrected chi connectivity index (χ4v) is 3.06. The number of thiophene rings is 1. The molecule has 1 heterocycles. The van der Waals surface area contributed by atoms with Crippen molar-refractivity contribution in [3.8, 4) is 5.75 Å². The lowest BCUT2D eigenvalue weighted by atomic mass is 10.00. The smallest absolute Gasteiger partial charge is 0.203 e. The van der Waals surface area contributed by atoms with E-state index in [1.54, 1.807) is 18.4 Å². The summed E-state index contributed by atoms with van der Waals surface area (Å²) in [5.41, 5.74) is 3.88. The third kappa shape index (κ3) is 2.56. The first kappa shape index (κ1) is 13.8. The van der Waals surface area contributed by atoms with Gasteiger partial charge in [-0.1, -0.05) is 0 Å². The van der Waals surface area contributed by atoms with Crippen molar-refractivity contribution < 1.29 is 9.53 Å².